The minimum absolute atomic E-state index is 0.398. The van der Waals surface area contributed by atoms with E-state index >= 15 is 0 Å². The Labute approximate surface area is 104 Å². The summed E-state index contributed by atoms with van der Waals surface area (Å²) in [4.78, 5) is 11.6. The second kappa shape index (κ2) is 5.85. The van der Waals surface area contributed by atoms with Gasteiger partial charge in [-0.2, -0.15) is 0 Å². The number of aliphatic carboxylic acids is 1. The van der Waals surface area contributed by atoms with E-state index in [1.54, 1.807) is 0 Å². The fourth-order valence-electron chi connectivity index (χ4n) is 2.42. The maximum atomic E-state index is 11.6. The zero-order chi connectivity index (χ0) is 12.9. The predicted octanol–water partition coefficient (Wildman–Crippen LogP) is 3.76. The summed E-state index contributed by atoms with van der Waals surface area (Å²) in [5.41, 5.74) is 0.493. The van der Waals surface area contributed by atoms with Crippen molar-refractivity contribution < 1.29 is 9.90 Å². The molecule has 1 rings (SSSR count). The molecule has 0 aliphatic carbocycles. The molecule has 0 saturated carbocycles. The third-order valence-electron chi connectivity index (χ3n) is 3.31. The van der Waals surface area contributed by atoms with Crippen LogP contribution in [0.5, 0.6) is 0 Å². The van der Waals surface area contributed by atoms with Gasteiger partial charge in [-0.05, 0) is 30.7 Å². The molecule has 1 unspecified atom stereocenters. The smallest absolute Gasteiger partial charge is 0.309 e. The largest absolute Gasteiger partial charge is 0.481 e. The maximum absolute atomic E-state index is 11.6. The molecule has 1 atom stereocenters. The number of hydrogen-bond donors (Lipinski definition) is 1. The highest BCUT2D eigenvalue weighted by atomic mass is 16.4. The highest BCUT2D eigenvalue weighted by Crippen LogP contribution is 2.34. The minimum Gasteiger partial charge on any atom is -0.481 e. The lowest BCUT2D eigenvalue weighted by molar-refractivity contribution is -0.150. The first-order valence-corrected chi connectivity index (χ1v) is 6.27. The van der Waals surface area contributed by atoms with E-state index in [1.165, 1.54) is 0 Å². The Hall–Kier alpha value is -1.31. The van der Waals surface area contributed by atoms with Crippen LogP contribution in [-0.2, 0) is 11.2 Å². The fraction of sp³-hybridized carbons (Fsp3) is 0.533. The van der Waals surface area contributed by atoms with Crippen molar-refractivity contribution in [3.63, 3.8) is 0 Å². The number of rotatable bonds is 6. The van der Waals surface area contributed by atoms with Crippen molar-refractivity contribution in [2.45, 2.75) is 40.0 Å². The van der Waals surface area contributed by atoms with Crippen LogP contribution >= 0.6 is 0 Å². The number of carboxylic acid groups (broad SMARTS) is 1. The molecule has 0 radical (unpaired) electrons. The van der Waals surface area contributed by atoms with Crippen LogP contribution in [0.1, 0.15) is 39.2 Å². The van der Waals surface area contributed by atoms with Gasteiger partial charge in [0.1, 0.15) is 0 Å². The van der Waals surface area contributed by atoms with Crippen molar-refractivity contribution in [1.82, 2.24) is 0 Å². The van der Waals surface area contributed by atoms with Crippen LogP contribution in [0.2, 0.25) is 0 Å². The van der Waals surface area contributed by atoms with Gasteiger partial charge >= 0.3 is 5.97 Å². The molecule has 0 aliphatic rings. The van der Waals surface area contributed by atoms with Gasteiger partial charge in [-0.3, -0.25) is 4.79 Å². The van der Waals surface area contributed by atoms with Gasteiger partial charge in [0.15, 0.2) is 0 Å². The Kier molecular flexibility index (Phi) is 4.73. The third-order valence-corrected chi connectivity index (χ3v) is 3.31. The van der Waals surface area contributed by atoms with Crippen molar-refractivity contribution in [1.29, 1.82) is 0 Å². The van der Waals surface area contributed by atoms with Crippen LogP contribution < -0.4 is 0 Å². The molecule has 1 aromatic rings. The molecule has 0 bridgehead atoms. The van der Waals surface area contributed by atoms with E-state index in [2.05, 4.69) is 13.8 Å². The van der Waals surface area contributed by atoms with E-state index < -0.39 is 11.4 Å². The summed E-state index contributed by atoms with van der Waals surface area (Å²) in [6.45, 7) is 6.14. The molecule has 2 nitrogen and oxygen atoms in total. The normalized spacial score (nSPS) is 14.6. The molecular weight excluding hydrogens is 212 g/mol. The van der Waals surface area contributed by atoms with Crippen LogP contribution in [0.25, 0.3) is 0 Å². The molecule has 0 amide bonds. The Morgan fingerprint density at radius 2 is 1.88 bits per heavy atom. The molecule has 17 heavy (non-hydrogen) atoms. The number of hydrogen-bond acceptors (Lipinski definition) is 1. The van der Waals surface area contributed by atoms with E-state index in [-0.39, 0.29) is 0 Å². The zero-order valence-corrected chi connectivity index (χ0v) is 10.9. The van der Waals surface area contributed by atoms with Crippen LogP contribution in [0, 0.1) is 11.3 Å². The molecule has 0 spiro atoms. The van der Waals surface area contributed by atoms with Crippen molar-refractivity contribution in [3.05, 3.63) is 35.9 Å². The molecule has 2 heteroatoms. The van der Waals surface area contributed by atoms with Crippen LogP contribution in [0.3, 0.4) is 0 Å². The first-order chi connectivity index (χ1) is 8.00. The summed E-state index contributed by atoms with van der Waals surface area (Å²) >= 11 is 0. The summed E-state index contributed by atoms with van der Waals surface area (Å²) in [5.74, 6) is -0.271. The highest BCUT2D eigenvalue weighted by molar-refractivity contribution is 5.75. The van der Waals surface area contributed by atoms with Crippen molar-refractivity contribution in [2.75, 3.05) is 0 Å². The maximum Gasteiger partial charge on any atom is 0.309 e. The predicted molar refractivity (Wildman–Crippen MR) is 70.0 cm³/mol. The van der Waals surface area contributed by atoms with E-state index in [1.807, 2.05) is 37.3 Å². The molecule has 0 heterocycles. The Balaban J connectivity index is 2.94. The van der Waals surface area contributed by atoms with Crippen molar-refractivity contribution in [2.24, 2.45) is 11.3 Å². The second-order valence-corrected chi connectivity index (χ2v) is 5.20. The van der Waals surface area contributed by atoms with Gasteiger partial charge in [0, 0.05) is 0 Å². The van der Waals surface area contributed by atoms with Crippen LogP contribution in [0.15, 0.2) is 30.3 Å². The summed E-state index contributed by atoms with van der Waals surface area (Å²) in [5, 5.41) is 9.53. The summed E-state index contributed by atoms with van der Waals surface area (Å²) < 4.78 is 0. The number of carboxylic acids is 1. The standard InChI is InChI=1S/C15H22O2/c1-4-15(14(16)17,10-12(2)3)11-13-8-6-5-7-9-13/h5-9,12H,4,10-11H2,1-3H3,(H,16,17). The first-order valence-electron chi connectivity index (χ1n) is 6.27. The topological polar surface area (TPSA) is 37.3 Å². The average Bonchev–Trinajstić information content (AvgIpc) is 2.28. The number of carbonyl (C=O) groups is 1. The summed E-state index contributed by atoms with van der Waals surface area (Å²) in [6.07, 6.45) is 2.03. The monoisotopic (exact) mass is 234 g/mol. The van der Waals surface area contributed by atoms with Gasteiger partial charge in [0.25, 0.3) is 0 Å². The molecule has 0 saturated heterocycles. The molecule has 94 valence electrons. The van der Waals surface area contributed by atoms with Crippen molar-refractivity contribution in [3.8, 4) is 0 Å². The van der Waals surface area contributed by atoms with Gasteiger partial charge in [-0.15, -0.1) is 0 Å². The Morgan fingerprint density at radius 3 is 2.29 bits per heavy atom. The number of benzene rings is 1. The van der Waals surface area contributed by atoms with Gasteiger partial charge < -0.3 is 5.11 Å². The average molecular weight is 234 g/mol. The van der Waals surface area contributed by atoms with Gasteiger partial charge in [0.2, 0.25) is 0 Å². The lowest BCUT2D eigenvalue weighted by atomic mass is 9.73. The first kappa shape index (κ1) is 13.8. The van der Waals surface area contributed by atoms with Crippen molar-refractivity contribution >= 4 is 5.97 Å². The molecule has 1 N–H and O–H groups in total. The van der Waals surface area contributed by atoms with E-state index in [0.717, 1.165) is 12.0 Å². The molecule has 1 aromatic carbocycles. The Morgan fingerprint density at radius 1 is 1.29 bits per heavy atom. The lowest BCUT2D eigenvalue weighted by Gasteiger charge is -2.30. The third kappa shape index (κ3) is 3.58. The van der Waals surface area contributed by atoms with Gasteiger partial charge in [0.05, 0.1) is 5.41 Å². The lowest BCUT2D eigenvalue weighted by Crippen LogP contribution is -2.34. The SMILES string of the molecule is CCC(Cc1ccccc1)(CC(C)C)C(=O)O. The van der Waals surface area contributed by atoms with Crippen LogP contribution in [-0.4, -0.2) is 11.1 Å². The van der Waals surface area contributed by atoms with Gasteiger partial charge in [-0.25, -0.2) is 0 Å². The Bertz CT molecular complexity index is 356. The quantitative estimate of drug-likeness (QED) is 0.813. The second-order valence-electron chi connectivity index (χ2n) is 5.20. The molecule has 0 aromatic heterocycles. The highest BCUT2D eigenvalue weighted by Gasteiger charge is 2.37. The van der Waals surface area contributed by atoms with E-state index in [0.29, 0.717) is 18.8 Å². The fourth-order valence-corrected chi connectivity index (χ4v) is 2.42. The van der Waals surface area contributed by atoms with E-state index in [9.17, 15) is 9.90 Å². The minimum atomic E-state index is -0.669. The van der Waals surface area contributed by atoms with Gasteiger partial charge in [-0.1, -0.05) is 51.1 Å². The van der Waals surface area contributed by atoms with E-state index in [4.69, 9.17) is 0 Å². The molecular formula is C15H22O2. The summed E-state index contributed by atoms with van der Waals surface area (Å²) in [6, 6.07) is 9.90. The summed E-state index contributed by atoms with van der Waals surface area (Å²) in [7, 11) is 0. The van der Waals surface area contributed by atoms with Crippen LogP contribution in [0.4, 0.5) is 0 Å². The molecule has 0 aliphatic heterocycles. The molecule has 0 fully saturated rings. The zero-order valence-electron chi connectivity index (χ0n) is 10.9.